The Morgan fingerprint density at radius 2 is 2.20 bits per heavy atom. The number of nitrogens with zero attached hydrogens (tertiary/aromatic N) is 1. The van der Waals surface area contributed by atoms with Gasteiger partial charge in [0.1, 0.15) is 0 Å². The largest absolute Gasteiger partial charge is 0.344 e. The van der Waals surface area contributed by atoms with Crippen LogP contribution in [0.25, 0.3) is 0 Å². The molecule has 4 heteroatoms. The molecule has 1 fully saturated rings. The second kappa shape index (κ2) is 2.28. The predicted molar refractivity (Wildman–Crippen MR) is 35.2 cm³/mol. The number of rotatable bonds is 0. The lowest BCUT2D eigenvalue weighted by Crippen LogP contribution is -2.54. The van der Waals surface area contributed by atoms with Gasteiger partial charge in [0.05, 0.1) is 0 Å². The molecule has 1 unspecified atom stereocenters. The van der Waals surface area contributed by atoms with E-state index in [9.17, 15) is 9.59 Å². The van der Waals surface area contributed by atoms with Crippen molar-refractivity contribution in [2.24, 2.45) is 0 Å². The van der Waals surface area contributed by atoms with Crippen LogP contribution in [0.3, 0.4) is 0 Å². The van der Waals surface area contributed by atoms with Gasteiger partial charge >= 0.3 is 11.8 Å². The molecule has 1 aliphatic heterocycles. The van der Waals surface area contributed by atoms with E-state index in [-0.39, 0.29) is 6.04 Å². The number of hydrogen-bond donors (Lipinski definition) is 1. The van der Waals surface area contributed by atoms with Crippen LogP contribution in [-0.2, 0) is 9.59 Å². The van der Waals surface area contributed by atoms with E-state index in [0.29, 0.717) is 6.54 Å². The Balaban J connectivity index is 2.66. The van der Waals surface area contributed by atoms with Crippen molar-refractivity contribution in [1.29, 1.82) is 0 Å². The Hall–Kier alpha value is -1.06. The summed E-state index contributed by atoms with van der Waals surface area (Å²) in [5.41, 5.74) is 0. The summed E-state index contributed by atoms with van der Waals surface area (Å²) >= 11 is 0. The number of nitrogens with one attached hydrogen (secondary N) is 1. The first-order valence-corrected chi connectivity index (χ1v) is 3.17. The van der Waals surface area contributed by atoms with Crippen molar-refractivity contribution in [3.8, 4) is 0 Å². The van der Waals surface area contributed by atoms with E-state index in [1.807, 2.05) is 6.92 Å². The Labute approximate surface area is 59.2 Å². The van der Waals surface area contributed by atoms with E-state index in [2.05, 4.69) is 5.32 Å². The average Bonchev–Trinajstić information content (AvgIpc) is 1.82. The van der Waals surface area contributed by atoms with Gasteiger partial charge in [-0.05, 0) is 6.92 Å². The number of likely N-dealkylation sites (N-methyl/N-ethyl adjacent to an activating group) is 1. The van der Waals surface area contributed by atoms with Gasteiger partial charge in [0.25, 0.3) is 0 Å². The number of hydrogen-bond acceptors (Lipinski definition) is 2. The molecular weight excluding hydrogens is 132 g/mol. The van der Waals surface area contributed by atoms with Crippen LogP contribution in [0.15, 0.2) is 0 Å². The third-order valence-electron chi connectivity index (χ3n) is 1.47. The van der Waals surface area contributed by atoms with Crippen LogP contribution >= 0.6 is 0 Å². The van der Waals surface area contributed by atoms with Crippen molar-refractivity contribution >= 4 is 11.8 Å². The average molecular weight is 142 g/mol. The zero-order chi connectivity index (χ0) is 7.72. The predicted octanol–water partition coefficient (Wildman–Crippen LogP) is -1.04. The van der Waals surface area contributed by atoms with Crippen LogP contribution in [0.2, 0.25) is 0 Å². The minimum atomic E-state index is -0.499. The highest BCUT2D eigenvalue weighted by molar-refractivity contribution is 6.35. The second-order valence-electron chi connectivity index (χ2n) is 2.56. The van der Waals surface area contributed by atoms with Crippen LogP contribution in [0.5, 0.6) is 0 Å². The molecule has 0 saturated carbocycles. The van der Waals surface area contributed by atoms with Crippen molar-refractivity contribution in [3.63, 3.8) is 0 Å². The molecule has 10 heavy (non-hydrogen) atoms. The summed E-state index contributed by atoms with van der Waals surface area (Å²) in [5.74, 6) is -0.945. The number of carbonyl (C=O) groups is 2. The molecule has 2 amide bonds. The fourth-order valence-corrected chi connectivity index (χ4v) is 0.998. The van der Waals surface area contributed by atoms with Gasteiger partial charge in [-0.25, -0.2) is 0 Å². The maximum atomic E-state index is 10.8. The molecule has 1 rings (SSSR count). The van der Waals surface area contributed by atoms with Crippen molar-refractivity contribution in [2.45, 2.75) is 13.0 Å². The third kappa shape index (κ3) is 1.10. The lowest BCUT2D eigenvalue weighted by molar-refractivity contribution is -0.148. The van der Waals surface area contributed by atoms with Gasteiger partial charge < -0.3 is 10.2 Å². The summed E-state index contributed by atoms with van der Waals surface area (Å²) in [4.78, 5) is 22.9. The standard InChI is InChI=1S/C6H10N2O2/c1-4-3-8(2)6(10)5(9)7-4/h4H,3H2,1-2H3,(H,7,9). The van der Waals surface area contributed by atoms with Gasteiger partial charge in [0, 0.05) is 19.6 Å². The minimum absolute atomic E-state index is 0.0789. The highest BCUT2D eigenvalue weighted by Gasteiger charge is 2.26. The molecule has 0 bridgehead atoms. The quantitative estimate of drug-likeness (QED) is 0.439. The van der Waals surface area contributed by atoms with Crippen molar-refractivity contribution in [3.05, 3.63) is 0 Å². The zero-order valence-corrected chi connectivity index (χ0v) is 6.05. The SMILES string of the molecule is CC1CN(C)C(=O)C(=O)N1. The summed E-state index contributed by atoms with van der Waals surface area (Å²) in [5, 5.41) is 2.53. The molecule has 1 heterocycles. The van der Waals surface area contributed by atoms with Crippen LogP contribution < -0.4 is 5.32 Å². The Morgan fingerprint density at radius 1 is 1.60 bits per heavy atom. The van der Waals surface area contributed by atoms with Gasteiger partial charge in [0.15, 0.2) is 0 Å². The fraction of sp³-hybridized carbons (Fsp3) is 0.667. The molecule has 0 aromatic carbocycles. The fourth-order valence-electron chi connectivity index (χ4n) is 0.998. The molecule has 0 aromatic heterocycles. The normalized spacial score (nSPS) is 26.6. The lowest BCUT2D eigenvalue weighted by Gasteiger charge is -2.27. The van der Waals surface area contributed by atoms with Crippen molar-refractivity contribution in [2.75, 3.05) is 13.6 Å². The molecule has 1 aliphatic rings. The summed E-state index contributed by atoms with van der Waals surface area (Å²) in [7, 11) is 1.62. The molecule has 56 valence electrons. The Morgan fingerprint density at radius 3 is 2.70 bits per heavy atom. The van der Waals surface area contributed by atoms with Gasteiger partial charge in [-0.2, -0.15) is 0 Å². The first kappa shape index (κ1) is 7.05. The molecule has 1 saturated heterocycles. The number of amides is 2. The number of piperazine rings is 1. The highest BCUT2D eigenvalue weighted by Crippen LogP contribution is 1.96. The molecular formula is C6H10N2O2. The molecule has 4 nitrogen and oxygen atoms in total. The summed E-state index contributed by atoms with van der Waals surface area (Å²) in [6.45, 7) is 2.46. The lowest BCUT2D eigenvalue weighted by atomic mass is 10.2. The minimum Gasteiger partial charge on any atom is -0.344 e. The molecule has 1 N–H and O–H groups in total. The number of carbonyl (C=O) groups excluding carboxylic acids is 2. The van der Waals surface area contributed by atoms with Gasteiger partial charge in [0.2, 0.25) is 0 Å². The third-order valence-corrected chi connectivity index (χ3v) is 1.47. The van der Waals surface area contributed by atoms with Crippen LogP contribution in [0, 0.1) is 0 Å². The Bertz CT molecular complexity index is 179. The molecule has 0 aromatic rings. The van der Waals surface area contributed by atoms with Gasteiger partial charge in [-0.15, -0.1) is 0 Å². The van der Waals surface area contributed by atoms with E-state index in [4.69, 9.17) is 0 Å². The summed E-state index contributed by atoms with van der Waals surface area (Å²) < 4.78 is 0. The van der Waals surface area contributed by atoms with E-state index in [0.717, 1.165) is 0 Å². The van der Waals surface area contributed by atoms with Crippen molar-refractivity contribution < 1.29 is 9.59 Å². The van der Waals surface area contributed by atoms with Crippen LogP contribution in [-0.4, -0.2) is 36.3 Å². The molecule has 0 aliphatic carbocycles. The van der Waals surface area contributed by atoms with Crippen LogP contribution in [0.1, 0.15) is 6.92 Å². The molecule has 1 atom stereocenters. The Kier molecular flexibility index (Phi) is 1.61. The van der Waals surface area contributed by atoms with E-state index >= 15 is 0 Å². The first-order chi connectivity index (χ1) is 4.61. The topological polar surface area (TPSA) is 49.4 Å². The van der Waals surface area contributed by atoms with Gasteiger partial charge in [-0.1, -0.05) is 0 Å². The smallest absolute Gasteiger partial charge is 0.311 e. The van der Waals surface area contributed by atoms with E-state index in [1.165, 1.54) is 4.90 Å². The highest BCUT2D eigenvalue weighted by atomic mass is 16.2. The zero-order valence-electron chi connectivity index (χ0n) is 6.05. The molecule has 0 radical (unpaired) electrons. The van der Waals surface area contributed by atoms with Crippen molar-refractivity contribution in [1.82, 2.24) is 10.2 Å². The van der Waals surface area contributed by atoms with Crippen LogP contribution in [0.4, 0.5) is 0 Å². The van der Waals surface area contributed by atoms with E-state index in [1.54, 1.807) is 7.05 Å². The summed E-state index contributed by atoms with van der Waals surface area (Å²) in [6.07, 6.45) is 0. The van der Waals surface area contributed by atoms with Gasteiger partial charge in [-0.3, -0.25) is 9.59 Å². The summed E-state index contributed by atoms with van der Waals surface area (Å²) in [6, 6.07) is 0.0789. The van der Waals surface area contributed by atoms with E-state index < -0.39 is 11.8 Å². The first-order valence-electron chi connectivity index (χ1n) is 3.17. The molecule has 0 spiro atoms. The monoisotopic (exact) mass is 142 g/mol. The maximum absolute atomic E-state index is 10.8. The second-order valence-corrected chi connectivity index (χ2v) is 2.56. The maximum Gasteiger partial charge on any atom is 0.311 e.